The molecular formula is C12H17NO3. The van der Waals surface area contributed by atoms with Crippen LogP contribution in [0, 0.1) is 17.8 Å². The molecule has 1 fully saturated rings. The summed E-state index contributed by atoms with van der Waals surface area (Å²) < 4.78 is 0. The van der Waals surface area contributed by atoms with E-state index in [2.05, 4.69) is 11.8 Å². The van der Waals surface area contributed by atoms with E-state index in [0.717, 1.165) is 12.8 Å². The molecule has 4 nitrogen and oxygen atoms in total. The first-order valence-corrected chi connectivity index (χ1v) is 5.56. The smallest absolute Gasteiger partial charge is 0.326 e. The third kappa shape index (κ3) is 2.75. The molecule has 0 saturated carbocycles. The molecule has 2 atom stereocenters. The fourth-order valence-electron chi connectivity index (χ4n) is 2.07. The van der Waals surface area contributed by atoms with Crippen molar-refractivity contribution in [1.82, 2.24) is 4.90 Å². The number of hydrogen-bond donors (Lipinski definition) is 1. The van der Waals surface area contributed by atoms with Crippen LogP contribution in [0.15, 0.2) is 0 Å². The number of amides is 1. The molecule has 0 aromatic heterocycles. The fraction of sp³-hybridized carbons (Fsp3) is 0.667. The Morgan fingerprint density at radius 3 is 2.69 bits per heavy atom. The molecular weight excluding hydrogens is 206 g/mol. The number of likely N-dealkylation sites (tertiary alicyclic amines) is 1. The molecule has 1 heterocycles. The third-order valence-corrected chi connectivity index (χ3v) is 3.07. The summed E-state index contributed by atoms with van der Waals surface area (Å²) >= 11 is 0. The van der Waals surface area contributed by atoms with E-state index in [0.29, 0.717) is 18.9 Å². The number of nitrogens with zero attached hydrogens (tertiary/aromatic N) is 1. The highest BCUT2D eigenvalue weighted by atomic mass is 16.4. The number of carboxylic acids is 1. The number of hydrogen-bond acceptors (Lipinski definition) is 2. The van der Waals surface area contributed by atoms with Crippen LogP contribution in [-0.2, 0) is 9.59 Å². The second kappa shape index (κ2) is 5.55. The molecule has 0 radical (unpaired) electrons. The van der Waals surface area contributed by atoms with Crippen LogP contribution >= 0.6 is 0 Å². The Morgan fingerprint density at radius 2 is 2.19 bits per heavy atom. The van der Waals surface area contributed by atoms with Crippen molar-refractivity contribution in [3.63, 3.8) is 0 Å². The standard InChI is InChI=1S/C12H17NO3/c1-3-5-11(14)13-7-6-9(4-2)8-10(13)12(15)16/h9-10H,4,6-8H2,1-2H3,(H,15,16). The summed E-state index contributed by atoms with van der Waals surface area (Å²) in [5, 5.41) is 9.10. The van der Waals surface area contributed by atoms with E-state index in [1.165, 1.54) is 4.90 Å². The van der Waals surface area contributed by atoms with Crippen molar-refractivity contribution in [2.45, 2.75) is 39.2 Å². The Morgan fingerprint density at radius 1 is 1.50 bits per heavy atom. The largest absolute Gasteiger partial charge is 0.480 e. The van der Waals surface area contributed by atoms with Gasteiger partial charge < -0.3 is 10.0 Å². The highest BCUT2D eigenvalue weighted by Crippen LogP contribution is 2.25. The van der Waals surface area contributed by atoms with Crippen molar-refractivity contribution < 1.29 is 14.7 Å². The lowest BCUT2D eigenvalue weighted by atomic mass is 9.89. The van der Waals surface area contributed by atoms with Crippen molar-refractivity contribution in [3.8, 4) is 11.8 Å². The molecule has 1 N–H and O–H groups in total. The normalized spacial score (nSPS) is 24.5. The summed E-state index contributed by atoms with van der Waals surface area (Å²) in [7, 11) is 0. The van der Waals surface area contributed by atoms with E-state index in [4.69, 9.17) is 5.11 Å². The lowest BCUT2D eigenvalue weighted by Gasteiger charge is -2.35. The van der Waals surface area contributed by atoms with Crippen molar-refractivity contribution in [1.29, 1.82) is 0 Å². The molecule has 1 aliphatic heterocycles. The van der Waals surface area contributed by atoms with E-state index >= 15 is 0 Å². The Hall–Kier alpha value is -1.50. The minimum Gasteiger partial charge on any atom is -0.480 e. The van der Waals surface area contributed by atoms with Crippen molar-refractivity contribution in [2.75, 3.05) is 6.54 Å². The Balaban J connectivity index is 2.79. The van der Waals surface area contributed by atoms with Gasteiger partial charge in [0.05, 0.1) is 0 Å². The Kier molecular flexibility index (Phi) is 4.36. The molecule has 0 bridgehead atoms. The van der Waals surface area contributed by atoms with Crippen LogP contribution in [0.2, 0.25) is 0 Å². The summed E-state index contributed by atoms with van der Waals surface area (Å²) in [6.07, 6.45) is 2.38. The van der Waals surface area contributed by atoms with Gasteiger partial charge in [-0.15, -0.1) is 0 Å². The van der Waals surface area contributed by atoms with E-state index in [-0.39, 0.29) is 5.91 Å². The molecule has 1 amide bonds. The summed E-state index contributed by atoms with van der Waals surface area (Å²) in [5.74, 6) is 4.03. The lowest BCUT2D eigenvalue weighted by molar-refractivity contribution is -0.150. The highest BCUT2D eigenvalue weighted by Gasteiger charge is 2.34. The van der Waals surface area contributed by atoms with Gasteiger partial charge in [-0.2, -0.15) is 0 Å². The molecule has 1 aliphatic rings. The van der Waals surface area contributed by atoms with Crippen molar-refractivity contribution >= 4 is 11.9 Å². The number of carbonyl (C=O) groups is 2. The zero-order chi connectivity index (χ0) is 12.1. The van der Waals surface area contributed by atoms with Crippen molar-refractivity contribution in [3.05, 3.63) is 0 Å². The Bertz CT molecular complexity index is 340. The van der Waals surface area contributed by atoms with E-state index < -0.39 is 12.0 Å². The topological polar surface area (TPSA) is 57.6 Å². The van der Waals surface area contributed by atoms with Crippen LogP contribution in [0.5, 0.6) is 0 Å². The maximum atomic E-state index is 11.6. The van der Waals surface area contributed by atoms with Crippen LogP contribution in [-0.4, -0.2) is 34.5 Å². The first kappa shape index (κ1) is 12.6. The first-order chi connectivity index (χ1) is 7.60. The summed E-state index contributed by atoms with van der Waals surface area (Å²) in [5.41, 5.74) is 0. The summed E-state index contributed by atoms with van der Waals surface area (Å²) in [6.45, 7) is 4.13. The van der Waals surface area contributed by atoms with Gasteiger partial charge in [-0.25, -0.2) is 4.79 Å². The first-order valence-electron chi connectivity index (χ1n) is 5.56. The molecule has 16 heavy (non-hydrogen) atoms. The molecule has 0 aromatic rings. The molecule has 4 heteroatoms. The molecule has 0 aliphatic carbocycles. The van der Waals surface area contributed by atoms with Crippen LogP contribution < -0.4 is 0 Å². The molecule has 88 valence electrons. The van der Waals surface area contributed by atoms with E-state index in [9.17, 15) is 9.59 Å². The number of carboxylic acid groups (broad SMARTS) is 1. The minimum atomic E-state index is -0.926. The minimum absolute atomic E-state index is 0.371. The predicted octanol–water partition coefficient (Wildman–Crippen LogP) is 1.11. The Labute approximate surface area is 95.6 Å². The molecule has 1 rings (SSSR count). The van der Waals surface area contributed by atoms with Crippen LogP contribution in [0.1, 0.15) is 33.1 Å². The number of rotatable bonds is 2. The van der Waals surface area contributed by atoms with Gasteiger partial charge in [-0.05, 0) is 31.6 Å². The summed E-state index contributed by atoms with van der Waals surface area (Å²) in [4.78, 5) is 24.1. The van der Waals surface area contributed by atoms with Gasteiger partial charge in [-0.3, -0.25) is 4.79 Å². The number of piperidine rings is 1. The molecule has 0 aromatic carbocycles. The molecule has 1 saturated heterocycles. The highest BCUT2D eigenvalue weighted by molar-refractivity contribution is 5.96. The van der Waals surface area contributed by atoms with Gasteiger partial charge in [0, 0.05) is 6.54 Å². The second-order valence-corrected chi connectivity index (χ2v) is 4.03. The monoisotopic (exact) mass is 223 g/mol. The average Bonchev–Trinajstić information content (AvgIpc) is 2.28. The van der Waals surface area contributed by atoms with Gasteiger partial charge in [0.2, 0.25) is 0 Å². The predicted molar refractivity (Wildman–Crippen MR) is 59.6 cm³/mol. The van der Waals surface area contributed by atoms with E-state index in [1.54, 1.807) is 6.92 Å². The number of carbonyl (C=O) groups excluding carboxylic acids is 1. The maximum absolute atomic E-state index is 11.6. The zero-order valence-electron chi connectivity index (χ0n) is 9.69. The van der Waals surface area contributed by atoms with Gasteiger partial charge in [0.15, 0.2) is 0 Å². The summed E-state index contributed by atoms with van der Waals surface area (Å²) in [6, 6.07) is -0.702. The molecule has 0 spiro atoms. The van der Waals surface area contributed by atoms with Crippen molar-refractivity contribution in [2.24, 2.45) is 5.92 Å². The number of aliphatic carboxylic acids is 1. The molecule has 2 unspecified atom stereocenters. The average molecular weight is 223 g/mol. The van der Waals surface area contributed by atoms with Gasteiger partial charge in [0.25, 0.3) is 5.91 Å². The van der Waals surface area contributed by atoms with Crippen LogP contribution in [0.4, 0.5) is 0 Å². The van der Waals surface area contributed by atoms with Crippen LogP contribution in [0.3, 0.4) is 0 Å². The lowest BCUT2D eigenvalue weighted by Crippen LogP contribution is -2.49. The van der Waals surface area contributed by atoms with Gasteiger partial charge in [-0.1, -0.05) is 19.3 Å². The maximum Gasteiger partial charge on any atom is 0.326 e. The van der Waals surface area contributed by atoms with Gasteiger partial charge >= 0.3 is 5.97 Å². The van der Waals surface area contributed by atoms with Gasteiger partial charge in [0.1, 0.15) is 6.04 Å². The SMILES string of the molecule is CC#CC(=O)N1CCC(CC)CC1C(=O)O. The second-order valence-electron chi connectivity index (χ2n) is 4.03. The van der Waals surface area contributed by atoms with E-state index in [1.807, 2.05) is 6.92 Å². The van der Waals surface area contributed by atoms with Crippen LogP contribution in [0.25, 0.3) is 0 Å². The quantitative estimate of drug-likeness (QED) is 0.713. The zero-order valence-corrected chi connectivity index (χ0v) is 9.69. The third-order valence-electron chi connectivity index (χ3n) is 3.07. The fourth-order valence-corrected chi connectivity index (χ4v) is 2.07.